The minimum atomic E-state index is 0.411. The fourth-order valence-electron chi connectivity index (χ4n) is 2.10. The lowest BCUT2D eigenvalue weighted by Crippen LogP contribution is -2.36. The van der Waals surface area contributed by atoms with Crippen molar-refractivity contribution in [3.8, 4) is 11.8 Å². The van der Waals surface area contributed by atoms with Crippen LogP contribution in [0, 0.1) is 11.8 Å². The molecule has 2 rings (SSSR count). The summed E-state index contributed by atoms with van der Waals surface area (Å²) < 4.78 is 11.0. The molecule has 4 nitrogen and oxygen atoms in total. The maximum Gasteiger partial charge on any atom is 0.108 e. The molecule has 0 atom stereocenters. The normalized spacial score (nSPS) is 23.1. The number of hydrogen-bond acceptors (Lipinski definition) is 4. The van der Waals surface area contributed by atoms with Crippen molar-refractivity contribution in [3.63, 3.8) is 0 Å². The molecule has 96 valence electrons. The summed E-state index contributed by atoms with van der Waals surface area (Å²) in [4.78, 5) is 2.32. The molecule has 2 aliphatic rings. The lowest BCUT2D eigenvalue weighted by atomic mass is 10.1. The molecule has 17 heavy (non-hydrogen) atoms. The lowest BCUT2D eigenvalue weighted by Gasteiger charge is -2.24. The Kier molecular flexibility index (Phi) is 5.80. The third-order valence-corrected chi connectivity index (χ3v) is 3.21. The quantitative estimate of drug-likeness (QED) is 0.707. The topological polar surface area (TPSA) is 33.7 Å². The van der Waals surface area contributed by atoms with E-state index in [1.807, 2.05) is 0 Å². The molecule has 2 aliphatic heterocycles. The van der Waals surface area contributed by atoms with E-state index in [0.717, 1.165) is 58.8 Å². The summed E-state index contributed by atoms with van der Waals surface area (Å²) in [5, 5.41) is 3.32. The highest BCUT2D eigenvalue weighted by Gasteiger charge is 2.12. The molecule has 2 heterocycles. The molecular weight excluding hydrogens is 216 g/mol. The fraction of sp³-hybridized carbons (Fsp3) is 0.846. The zero-order valence-corrected chi connectivity index (χ0v) is 10.4. The minimum absolute atomic E-state index is 0.411. The number of piperidine rings is 1. The number of hydrogen-bond donors (Lipinski definition) is 1. The van der Waals surface area contributed by atoms with E-state index in [4.69, 9.17) is 9.47 Å². The van der Waals surface area contributed by atoms with Crippen LogP contribution < -0.4 is 5.32 Å². The first-order chi connectivity index (χ1) is 8.45. The van der Waals surface area contributed by atoms with Crippen molar-refractivity contribution in [3.05, 3.63) is 0 Å². The van der Waals surface area contributed by atoms with Crippen LogP contribution >= 0.6 is 0 Å². The molecule has 2 saturated heterocycles. The van der Waals surface area contributed by atoms with E-state index in [1.54, 1.807) is 0 Å². The Balaban J connectivity index is 1.54. The number of rotatable bonds is 3. The van der Waals surface area contributed by atoms with Gasteiger partial charge in [-0.25, -0.2) is 0 Å². The van der Waals surface area contributed by atoms with Crippen LogP contribution in [-0.2, 0) is 9.47 Å². The van der Waals surface area contributed by atoms with Crippen molar-refractivity contribution in [2.24, 2.45) is 0 Å². The molecule has 0 aromatic rings. The molecule has 0 aliphatic carbocycles. The smallest absolute Gasteiger partial charge is 0.108 e. The second-order valence-corrected chi connectivity index (χ2v) is 4.50. The van der Waals surface area contributed by atoms with E-state index in [9.17, 15) is 0 Å². The Hall–Kier alpha value is -0.600. The van der Waals surface area contributed by atoms with Crippen molar-refractivity contribution in [2.45, 2.75) is 18.9 Å². The van der Waals surface area contributed by atoms with Crippen molar-refractivity contribution in [1.29, 1.82) is 0 Å². The Morgan fingerprint density at radius 1 is 1.18 bits per heavy atom. The van der Waals surface area contributed by atoms with Crippen LogP contribution in [0.1, 0.15) is 12.8 Å². The Morgan fingerprint density at radius 2 is 1.94 bits per heavy atom. The first kappa shape index (κ1) is 12.8. The second-order valence-electron chi connectivity index (χ2n) is 4.50. The van der Waals surface area contributed by atoms with Gasteiger partial charge >= 0.3 is 0 Å². The van der Waals surface area contributed by atoms with Gasteiger partial charge in [0.2, 0.25) is 0 Å². The molecule has 0 saturated carbocycles. The highest BCUT2D eigenvalue weighted by molar-refractivity contribution is 5.01. The number of ether oxygens (including phenoxy) is 2. The first-order valence-electron chi connectivity index (χ1n) is 6.53. The molecule has 0 aromatic carbocycles. The van der Waals surface area contributed by atoms with Gasteiger partial charge < -0.3 is 14.8 Å². The molecule has 1 N–H and O–H groups in total. The summed E-state index contributed by atoms with van der Waals surface area (Å²) >= 11 is 0. The van der Waals surface area contributed by atoms with Crippen LogP contribution in [0.15, 0.2) is 0 Å². The predicted octanol–water partition coefficient (Wildman–Crippen LogP) is 0.0906. The van der Waals surface area contributed by atoms with Gasteiger partial charge in [0.05, 0.1) is 25.9 Å². The minimum Gasteiger partial charge on any atom is -0.379 e. The summed E-state index contributed by atoms with van der Waals surface area (Å²) in [6.07, 6.45) is 2.64. The zero-order valence-electron chi connectivity index (χ0n) is 10.4. The van der Waals surface area contributed by atoms with Crippen LogP contribution in [0.2, 0.25) is 0 Å². The van der Waals surface area contributed by atoms with E-state index in [0.29, 0.717) is 12.7 Å². The first-order valence-corrected chi connectivity index (χ1v) is 6.53. The highest BCUT2D eigenvalue weighted by Crippen LogP contribution is 2.06. The standard InChI is InChI=1S/C13H22N2O2/c1(7-15-8-11-16-12-9-15)2-10-17-13-3-5-14-6-4-13/h13-14H,3-12H2. The Labute approximate surface area is 104 Å². The fourth-order valence-corrected chi connectivity index (χ4v) is 2.10. The lowest BCUT2D eigenvalue weighted by molar-refractivity contribution is 0.0440. The SMILES string of the molecule is C(#CCN1CCOCC1)COC1CCNCC1. The molecule has 0 radical (unpaired) electrons. The van der Waals surface area contributed by atoms with Crippen LogP contribution in [0.4, 0.5) is 0 Å². The van der Waals surface area contributed by atoms with Gasteiger partial charge in [0.25, 0.3) is 0 Å². The van der Waals surface area contributed by atoms with Crippen LogP contribution in [0.25, 0.3) is 0 Å². The van der Waals surface area contributed by atoms with Gasteiger partial charge in [-0.15, -0.1) is 0 Å². The number of nitrogens with zero attached hydrogens (tertiary/aromatic N) is 1. The molecule has 0 amide bonds. The van der Waals surface area contributed by atoms with E-state index in [-0.39, 0.29) is 0 Å². The van der Waals surface area contributed by atoms with Crippen molar-refractivity contribution in [1.82, 2.24) is 10.2 Å². The molecule has 0 aromatic heterocycles. The summed E-state index contributed by atoms with van der Waals surface area (Å²) in [6, 6.07) is 0. The Bertz CT molecular complexity index is 260. The molecule has 2 fully saturated rings. The third kappa shape index (κ3) is 5.05. The largest absolute Gasteiger partial charge is 0.379 e. The molecular formula is C13H22N2O2. The van der Waals surface area contributed by atoms with E-state index >= 15 is 0 Å². The van der Waals surface area contributed by atoms with Gasteiger partial charge in [-0.05, 0) is 25.9 Å². The second kappa shape index (κ2) is 7.67. The maximum atomic E-state index is 5.72. The van der Waals surface area contributed by atoms with Gasteiger partial charge in [-0.2, -0.15) is 0 Å². The van der Waals surface area contributed by atoms with Crippen LogP contribution in [0.5, 0.6) is 0 Å². The number of morpholine rings is 1. The van der Waals surface area contributed by atoms with Crippen LogP contribution in [-0.4, -0.2) is 63.5 Å². The van der Waals surface area contributed by atoms with Crippen LogP contribution in [0.3, 0.4) is 0 Å². The van der Waals surface area contributed by atoms with Gasteiger partial charge in [-0.3, -0.25) is 4.90 Å². The summed E-state index contributed by atoms with van der Waals surface area (Å²) in [7, 11) is 0. The van der Waals surface area contributed by atoms with Crippen molar-refractivity contribution < 1.29 is 9.47 Å². The molecule has 0 spiro atoms. The summed E-state index contributed by atoms with van der Waals surface area (Å²) in [5.74, 6) is 6.28. The van der Waals surface area contributed by atoms with E-state index < -0.39 is 0 Å². The molecule has 0 bridgehead atoms. The highest BCUT2D eigenvalue weighted by atomic mass is 16.5. The monoisotopic (exact) mass is 238 g/mol. The van der Waals surface area contributed by atoms with Gasteiger partial charge in [0, 0.05) is 13.1 Å². The van der Waals surface area contributed by atoms with Crippen molar-refractivity contribution in [2.75, 3.05) is 52.5 Å². The van der Waals surface area contributed by atoms with E-state index in [2.05, 4.69) is 22.1 Å². The average Bonchev–Trinajstić information content (AvgIpc) is 2.41. The van der Waals surface area contributed by atoms with E-state index in [1.165, 1.54) is 0 Å². The third-order valence-electron chi connectivity index (χ3n) is 3.21. The van der Waals surface area contributed by atoms with Gasteiger partial charge in [0.1, 0.15) is 6.61 Å². The Morgan fingerprint density at radius 3 is 2.71 bits per heavy atom. The summed E-state index contributed by atoms with van der Waals surface area (Å²) in [5.41, 5.74) is 0. The maximum absolute atomic E-state index is 5.72. The predicted molar refractivity (Wildman–Crippen MR) is 66.9 cm³/mol. The molecule has 0 unspecified atom stereocenters. The van der Waals surface area contributed by atoms with Gasteiger partial charge in [-0.1, -0.05) is 11.8 Å². The summed E-state index contributed by atoms with van der Waals surface area (Å²) in [6.45, 7) is 7.26. The molecule has 4 heteroatoms. The number of nitrogens with one attached hydrogen (secondary N) is 1. The van der Waals surface area contributed by atoms with Crippen molar-refractivity contribution >= 4 is 0 Å². The average molecular weight is 238 g/mol. The zero-order chi connectivity index (χ0) is 11.8. The van der Waals surface area contributed by atoms with Gasteiger partial charge in [0.15, 0.2) is 0 Å².